The van der Waals surface area contributed by atoms with E-state index in [9.17, 15) is 5.21 Å². The minimum Gasteiger partial charge on any atom is -0.284 e. The first-order valence-corrected chi connectivity index (χ1v) is 5.54. The zero-order valence-corrected chi connectivity index (χ0v) is 9.99. The number of hydrogen-bond donors (Lipinski definition) is 1. The minimum atomic E-state index is 0.803. The lowest BCUT2D eigenvalue weighted by Gasteiger charge is -2.12. The van der Waals surface area contributed by atoms with E-state index in [2.05, 4.69) is 12.1 Å². The largest absolute Gasteiger partial charge is 0.284 e. The van der Waals surface area contributed by atoms with Crippen molar-refractivity contribution >= 4 is 5.69 Å². The third-order valence-corrected chi connectivity index (χ3v) is 2.96. The van der Waals surface area contributed by atoms with E-state index < -0.39 is 0 Å². The van der Waals surface area contributed by atoms with E-state index in [1.54, 1.807) is 0 Å². The van der Waals surface area contributed by atoms with E-state index in [0.29, 0.717) is 0 Å². The molecule has 0 radical (unpaired) electrons. The molecule has 1 aromatic carbocycles. The Hall–Kier alpha value is -1.54. The van der Waals surface area contributed by atoms with Gasteiger partial charge in [-0.2, -0.15) is 0 Å². The molecule has 1 heterocycles. The molecule has 0 aliphatic carbocycles. The molecule has 2 heteroatoms. The van der Waals surface area contributed by atoms with Gasteiger partial charge >= 0.3 is 0 Å². The fourth-order valence-electron chi connectivity index (χ4n) is 1.90. The van der Waals surface area contributed by atoms with Gasteiger partial charge < -0.3 is 0 Å². The Bertz CT molecular complexity index is 472. The Balaban J connectivity index is 2.38. The number of hydrogen-bond acceptors (Lipinski definition) is 2. The Morgan fingerprint density at radius 1 is 1.44 bits per heavy atom. The summed E-state index contributed by atoms with van der Waals surface area (Å²) in [7, 11) is 0. The number of benzene rings is 1. The van der Waals surface area contributed by atoms with Crippen molar-refractivity contribution < 1.29 is 5.21 Å². The van der Waals surface area contributed by atoms with Crippen LogP contribution in [0.4, 0.5) is 5.69 Å². The molecule has 2 nitrogen and oxygen atoms in total. The quantitative estimate of drug-likeness (QED) is 0.773. The third kappa shape index (κ3) is 1.89. The van der Waals surface area contributed by atoms with Gasteiger partial charge in [-0.15, -0.1) is 0 Å². The molecule has 0 saturated heterocycles. The molecule has 16 heavy (non-hydrogen) atoms. The lowest BCUT2D eigenvalue weighted by molar-refractivity contribution is 0.287. The predicted octanol–water partition coefficient (Wildman–Crippen LogP) is 3.60. The summed E-state index contributed by atoms with van der Waals surface area (Å²) < 4.78 is 0. The first kappa shape index (κ1) is 11.0. The van der Waals surface area contributed by atoms with E-state index in [1.165, 1.54) is 21.8 Å². The smallest absolute Gasteiger partial charge is 0.0727 e. The summed E-state index contributed by atoms with van der Waals surface area (Å²) in [5.74, 6) is 0. The van der Waals surface area contributed by atoms with Crippen molar-refractivity contribution in [2.75, 3.05) is 5.06 Å². The summed E-state index contributed by atoms with van der Waals surface area (Å²) in [6.45, 7) is 6.07. The summed E-state index contributed by atoms with van der Waals surface area (Å²) in [5, 5.41) is 11.3. The average Bonchev–Trinajstić information content (AvgIpc) is 2.56. The van der Waals surface area contributed by atoms with Crippen molar-refractivity contribution in [3.05, 3.63) is 52.7 Å². The molecule has 0 spiro atoms. The van der Waals surface area contributed by atoms with Gasteiger partial charge in [0, 0.05) is 6.42 Å². The van der Waals surface area contributed by atoms with Crippen molar-refractivity contribution in [3.8, 4) is 0 Å². The van der Waals surface area contributed by atoms with Crippen molar-refractivity contribution in [3.63, 3.8) is 0 Å². The molecule has 1 aromatic rings. The van der Waals surface area contributed by atoms with Crippen LogP contribution in [-0.2, 0) is 6.42 Å². The summed E-state index contributed by atoms with van der Waals surface area (Å²) in [6.07, 6.45) is 4.86. The minimum absolute atomic E-state index is 0.803. The molecule has 0 saturated carbocycles. The van der Waals surface area contributed by atoms with Crippen LogP contribution in [0.25, 0.3) is 0 Å². The van der Waals surface area contributed by atoms with E-state index in [0.717, 1.165) is 17.8 Å². The van der Waals surface area contributed by atoms with Gasteiger partial charge in [-0.05, 0) is 44.0 Å². The number of aryl methyl sites for hydroxylation is 1. The summed E-state index contributed by atoms with van der Waals surface area (Å²) >= 11 is 0. The highest BCUT2D eigenvalue weighted by atomic mass is 16.5. The fraction of sp³-hybridized carbons (Fsp3) is 0.286. The summed E-state index contributed by atoms with van der Waals surface area (Å²) in [4.78, 5) is 0. The Labute approximate surface area is 96.5 Å². The van der Waals surface area contributed by atoms with Crippen LogP contribution in [0.1, 0.15) is 25.0 Å². The molecule has 84 valence electrons. The first-order valence-electron chi connectivity index (χ1n) is 5.54. The number of allylic oxidation sites excluding steroid dienone is 4. The average molecular weight is 215 g/mol. The van der Waals surface area contributed by atoms with Crippen molar-refractivity contribution in [2.45, 2.75) is 27.2 Å². The normalized spacial score (nSPS) is 18.1. The van der Waals surface area contributed by atoms with Gasteiger partial charge in [0.1, 0.15) is 0 Å². The van der Waals surface area contributed by atoms with Crippen LogP contribution in [0.5, 0.6) is 0 Å². The summed E-state index contributed by atoms with van der Waals surface area (Å²) in [6, 6.07) is 6.18. The SMILES string of the molecule is C/C=C(C)\C=C1/Cc2ccc(C)cc2N1O. The van der Waals surface area contributed by atoms with E-state index in [1.807, 2.05) is 39.0 Å². The highest BCUT2D eigenvalue weighted by molar-refractivity contribution is 5.64. The zero-order chi connectivity index (χ0) is 11.7. The molecule has 2 rings (SSSR count). The molecule has 0 amide bonds. The highest BCUT2D eigenvalue weighted by Gasteiger charge is 2.22. The molecule has 0 bridgehead atoms. The second-order valence-electron chi connectivity index (χ2n) is 4.29. The van der Waals surface area contributed by atoms with E-state index in [-0.39, 0.29) is 0 Å². The third-order valence-electron chi connectivity index (χ3n) is 2.96. The molecule has 0 aromatic heterocycles. The Morgan fingerprint density at radius 3 is 2.88 bits per heavy atom. The van der Waals surface area contributed by atoms with Crippen molar-refractivity contribution in [1.29, 1.82) is 0 Å². The Morgan fingerprint density at radius 2 is 2.19 bits per heavy atom. The molecule has 0 fully saturated rings. The summed E-state index contributed by atoms with van der Waals surface area (Å²) in [5.41, 5.74) is 5.37. The van der Waals surface area contributed by atoms with Gasteiger partial charge in [-0.1, -0.05) is 23.8 Å². The fourth-order valence-corrected chi connectivity index (χ4v) is 1.90. The maximum atomic E-state index is 10.0. The van der Waals surface area contributed by atoms with E-state index in [4.69, 9.17) is 0 Å². The van der Waals surface area contributed by atoms with E-state index >= 15 is 0 Å². The van der Waals surface area contributed by atoms with Crippen LogP contribution in [0.3, 0.4) is 0 Å². The van der Waals surface area contributed by atoms with Gasteiger partial charge in [0.15, 0.2) is 0 Å². The molecule has 1 aliphatic heterocycles. The monoisotopic (exact) mass is 215 g/mol. The molecular weight excluding hydrogens is 198 g/mol. The van der Waals surface area contributed by atoms with Crippen LogP contribution in [0, 0.1) is 6.92 Å². The standard InChI is InChI=1S/C14H17NO/c1-4-10(2)7-13-9-12-6-5-11(3)8-14(12)15(13)16/h4-8,16H,9H2,1-3H3/b10-4-,13-7+. The van der Waals surface area contributed by atoms with Crippen LogP contribution in [0.2, 0.25) is 0 Å². The van der Waals surface area contributed by atoms with Gasteiger partial charge in [-0.3, -0.25) is 5.21 Å². The van der Waals surface area contributed by atoms with Crippen molar-refractivity contribution in [2.24, 2.45) is 0 Å². The van der Waals surface area contributed by atoms with Crippen LogP contribution < -0.4 is 5.06 Å². The van der Waals surface area contributed by atoms with Gasteiger partial charge in [0.2, 0.25) is 0 Å². The van der Waals surface area contributed by atoms with Gasteiger partial charge in [-0.25, -0.2) is 5.06 Å². The van der Waals surface area contributed by atoms with Crippen LogP contribution in [0.15, 0.2) is 41.6 Å². The highest BCUT2D eigenvalue weighted by Crippen LogP contribution is 2.33. The van der Waals surface area contributed by atoms with Crippen molar-refractivity contribution in [1.82, 2.24) is 0 Å². The van der Waals surface area contributed by atoms with Gasteiger partial charge in [0.25, 0.3) is 0 Å². The van der Waals surface area contributed by atoms with Crippen LogP contribution in [-0.4, -0.2) is 5.21 Å². The molecule has 1 aliphatic rings. The van der Waals surface area contributed by atoms with Gasteiger partial charge in [0.05, 0.1) is 11.4 Å². The molecule has 1 N–H and O–H groups in total. The number of rotatable bonds is 1. The lowest BCUT2D eigenvalue weighted by atomic mass is 10.1. The molecule has 0 atom stereocenters. The number of nitrogens with zero attached hydrogens (tertiary/aromatic N) is 1. The second kappa shape index (κ2) is 4.14. The number of hydroxylamine groups is 1. The Kier molecular flexibility index (Phi) is 2.84. The number of anilines is 1. The molecular formula is C14H17NO. The van der Waals surface area contributed by atoms with Crippen LogP contribution >= 0.6 is 0 Å². The number of fused-ring (bicyclic) bond motifs is 1. The predicted molar refractivity (Wildman–Crippen MR) is 66.7 cm³/mol. The maximum absolute atomic E-state index is 10.0. The first-order chi connectivity index (χ1) is 7.61. The zero-order valence-electron chi connectivity index (χ0n) is 9.99. The second-order valence-corrected chi connectivity index (χ2v) is 4.29. The topological polar surface area (TPSA) is 23.5 Å². The maximum Gasteiger partial charge on any atom is 0.0727 e. The molecule has 0 unspecified atom stereocenters. The lowest BCUT2D eigenvalue weighted by Crippen LogP contribution is -2.12.